The Balaban J connectivity index is 1.77. The van der Waals surface area contributed by atoms with Crippen molar-refractivity contribution in [1.29, 1.82) is 0 Å². The summed E-state index contributed by atoms with van der Waals surface area (Å²) in [6.45, 7) is 1.58. The van der Waals surface area contributed by atoms with Gasteiger partial charge >= 0.3 is 0 Å². The molecule has 4 aromatic rings. The number of nitrogens with one attached hydrogen (secondary N) is 1. The molecule has 4 aromatic carbocycles. The molecule has 0 saturated carbocycles. The van der Waals surface area contributed by atoms with Crippen LogP contribution in [0.15, 0.2) is 114 Å². The van der Waals surface area contributed by atoms with Crippen molar-refractivity contribution in [3.8, 4) is 0 Å². The molecule has 10 heteroatoms. The number of carbonyl (C=O) groups is 2. The predicted molar refractivity (Wildman–Crippen MR) is 162 cm³/mol. The van der Waals surface area contributed by atoms with Crippen LogP contribution in [0, 0.1) is 11.6 Å². The quantitative estimate of drug-likeness (QED) is 0.223. The Bertz CT molecular complexity index is 1600. The van der Waals surface area contributed by atoms with Crippen LogP contribution in [0.25, 0.3) is 0 Å². The van der Waals surface area contributed by atoms with E-state index in [0.717, 1.165) is 34.1 Å². The molecular formula is C33H33F2N3O4S. The van der Waals surface area contributed by atoms with E-state index in [2.05, 4.69) is 5.32 Å². The molecule has 7 nitrogen and oxygen atoms in total. The van der Waals surface area contributed by atoms with Crippen LogP contribution in [0.2, 0.25) is 0 Å². The van der Waals surface area contributed by atoms with Gasteiger partial charge in [0.25, 0.3) is 10.0 Å². The third kappa shape index (κ3) is 8.26. The van der Waals surface area contributed by atoms with Crippen molar-refractivity contribution < 1.29 is 26.8 Å². The topological polar surface area (TPSA) is 86.8 Å². The summed E-state index contributed by atoms with van der Waals surface area (Å²) in [5, 5.41) is 2.87. The van der Waals surface area contributed by atoms with Crippen molar-refractivity contribution in [1.82, 2.24) is 10.2 Å². The molecule has 0 heterocycles. The van der Waals surface area contributed by atoms with Gasteiger partial charge in [0.05, 0.1) is 10.6 Å². The van der Waals surface area contributed by atoms with Crippen LogP contribution < -0.4 is 9.62 Å². The molecule has 1 N–H and O–H groups in total. The molecule has 0 fully saturated rings. The summed E-state index contributed by atoms with van der Waals surface area (Å²) in [5.41, 5.74) is 1.58. The molecule has 0 aliphatic heterocycles. The number of halogens is 2. The number of carbonyl (C=O) groups excluding carboxylic acids is 2. The fraction of sp³-hybridized carbons (Fsp3) is 0.212. The zero-order chi connectivity index (χ0) is 30.8. The first-order valence-corrected chi connectivity index (χ1v) is 15.3. The van der Waals surface area contributed by atoms with Crippen LogP contribution in [0.5, 0.6) is 0 Å². The van der Waals surface area contributed by atoms with Crippen LogP contribution in [-0.4, -0.2) is 44.3 Å². The van der Waals surface area contributed by atoms with Gasteiger partial charge in [-0.25, -0.2) is 17.2 Å². The number of amides is 2. The van der Waals surface area contributed by atoms with E-state index in [1.165, 1.54) is 29.2 Å². The lowest BCUT2D eigenvalue weighted by Crippen LogP contribution is -2.53. The number of sulfonamides is 1. The van der Waals surface area contributed by atoms with E-state index in [1.54, 1.807) is 30.3 Å². The molecule has 0 spiro atoms. The van der Waals surface area contributed by atoms with E-state index in [1.807, 2.05) is 37.3 Å². The van der Waals surface area contributed by atoms with Gasteiger partial charge in [0.1, 0.15) is 24.2 Å². The fourth-order valence-electron chi connectivity index (χ4n) is 4.56. The maximum absolute atomic E-state index is 14.2. The molecule has 0 radical (unpaired) electrons. The number of hydrogen-bond donors (Lipinski definition) is 1. The number of para-hydroxylation sites is 1. The van der Waals surface area contributed by atoms with Crippen molar-refractivity contribution in [2.24, 2.45) is 0 Å². The Morgan fingerprint density at radius 3 is 1.91 bits per heavy atom. The maximum atomic E-state index is 14.2. The first-order valence-electron chi connectivity index (χ1n) is 13.9. The normalized spacial score (nSPS) is 11.9. The average Bonchev–Trinajstić information content (AvgIpc) is 3.02. The lowest BCUT2D eigenvalue weighted by Gasteiger charge is -2.34. The Labute approximate surface area is 250 Å². The van der Waals surface area contributed by atoms with Crippen LogP contribution in [0.1, 0.15) is 24.5 Å². The van der Waals surface area contributed by atoms with Crippen LogP contribution in [-0.2, 0) is 32.6 Å². The van der Waals surface area contributed by atoms with E-state index in [0.29, 0.717) is 18.5 Å². The molecule has 0 saturated heterocycles. The second-order valence-electron chi connectivity index (χ2n) is 9.95. The second kappa shape index (κ2) is 14.6. The van der Waals surface area contributed by atoms with Crippen molar-refractivity contribution in [3.63, 3.8) is 0 Å². The predicted octanol–water partition coefficient (Wildman–Crippen LogP) is 5.33. The molecule has 4 rings (SSSR count). The average molecular weight is 606 g/mol. The molecule has 0 aromatic heterocycles. The summed E-state index contributed by atoms with van der Waals surface area (Å²) in [6, 6.07) is 26.2. The first-order chi connectivity index (χ1) is 20.7. The summed E-state index contributed by atoms with van der Waals surface area (Å²) in [6.07, 6.45) is 0.840. The van der Waals surface area contributed by atoms with Gasteiger partial charge in [0.15, 0.2) is 0 Å². The van der Waals surface area contributed by atoms with E-state index < -0.39 is 46.1 Å². The summed E-state index contributed by atoms with van der Waals surface area (Å²) < 4.78 is 56.0. The Kier molecular flexibility index (Phi) is 10.6. The van der Waals surface area contributed by atoms with Crippen LogP contribution >= 0.6 is 0 Å². The largest absolute Gasteiger partial charge is 0.354 e. The molecule has 2 amide bonds. The zero-order valence-electron chi connectivity index (χ0n) is 23.7. The Hall–Kier alpha value is -4.57. The number of rotatable bonds is 13. The molecule has 0 aliphatic carbocycles. The number of anilines is 1. The summed E-state index contributed by atoms with van der Waals surface area (Å²) in [4.78, 5) is 29.0. The maximum Gasteiger partial charge on any atom is 0.264 e. The molecule has 0 aliphatic rings. The summed E-state index contributed by atoms with van der Waals surface area (Å²) in [7, 11) is -4.33. The van der Waals surface area contributed by atoms with Gasteiger partial charge in [-0.15, -0.1) is 0 Å². The van der Waals surface area contributed by atoms with Crippen molar-refractivity contribution in [2.45, 2.75) is 37.2 Å². The first kappa shape index (κ1) is 31.4. The van der Waals surface area contributed by atoms with E-state index in [-0.39, 0.29) is 23.5 Å². The standard InChI is InChI=1S/C33H33F2N3O4S/c1-2-21-36-33(40)31(22-25-9-5-3-6-10-25)37(23-26-13-15-27(34)16-14-26)32(39)24-38(29-11-7-4-8-12-29)43(41,42)30-19-17-28(35)18-20-30/h3-20,31H,2,21-24H2,1H3,(H,36,40)/t31-/m0/s1. The second-order valence-corrected chi connectivity index (χ2v) is 11.8. The van der Waals surface area contributed by atoms with Gasteiger partial charge in [-0.3, -0.25) is 13.9 Å². The van der Waals surface area contributed by atoms with Gasteiger partial charge in [-0.2, -0.15) is 0 Å². The summed E-state index contributed by atoms with van der Waals surface area (Å²) in [5.74, 6) is -2.10. The van der Waals surface area contributed by atoms with Crippen molar-refractivity contribution >= 4 is 27.5 Å². The lowest BCUT2D eigenvalue weighted by molar-refractivity contribution is -0.140. The van der Waals surface area contributed by atoms with Crippen LogP contribution in [0.4, 0.5) is 14.5 Å². The highest BCUT2D eigenvalue weighted by molar-refractivity contribution is 7.92. The molecule has 1 atom stereocenters. The Morgan fingerprint density at radius 1 is 0.767 bits per heavy atom. The highest BCUT2D eigenvalue weighted by Gasteiger charge is 2.34. The lowest BCUT2D eigenvalue weighted by atomic mass is 10.0. The monoisotopic (exact) mass is 605 g/mol. The third-order valence-electron chi connectivity index (χ3n) is 6.81. The van der Waals surface area contributed by atoms with Gasteiger partial charge in [0.2, 0.25) is 11.8 Å². The SMILES string of the molecule is CCCNC(=O)[C@H](Cc1ccccc1)N(Cc1ccc(F)cc1)C(=O)CN(c1ccccc1)S(=O)(=O)c1ccc(F)cc1. The van der Waals surface area contributed by atoms with Gasteiger partial charge in [-0.05, 0) is 66.1 Å². The number of benzene rings is 4. The minimum Gasteiger partial charge on any atom is -0.354 e. The van der Waals surface area contributed by atoms with Crippen molar-refractivity contribution in [3.05, 3.63) is 132 Å². The van der Waals surface area contributed by atoms with Gasteiger partial charge < -0.3 is 10.2 Å². The minimum atomic E-state index is -4.33. The number of hydrogen-bond acceptors (Lipinski definition) is 4. The summed E-state index contributed by atoms with van der Waals surface area (Å²) >= 11 is 0. The molecule has 224 valence electrons. The minimum absolute atomic E-state index is 0.0740. The van der Waals surface area contributed by atoms with Crippen LogP contribution in [0.3, 0.4) is 0 Å². The zero-order valence-corrected chi connectivity index (χ0v) is 24.5. The third-order valence-corrected chi connectivity index (χ3v) is 8.60. The van der Waals surface area contributed by atoms with E-state index in [4.69, 9.17) is 0 Å². The molecular weight excluding hydrogens is 572 g/mol. The smallest absolute Gasteiger partial charge is 0.264 e. The molecule has 0 unspecified atom stereocenters. The van der Waals surface area contributed by atoms with E-state index >= 15 is 0 Å². The fourth-order valence-corrected chi connectivity index (χ4v) is 5.98. The molecule has 0 bridgehead atoms. The van der Waals surface area contributed by atoms with Crippen molar-refractivity contribution in [2.75, 3.05) is 17.4 Å². The highest BCUT2D eigenvalue weighted by Crippen LogP contribution is 2.25. The Morgan fingerprint density at radius 2 is 1.33 bits per heavy atom. The molecule has 43 heavy (non-hydrogen) atoms. The van der Waals surface area contributed by atoms with Gasteiger partial charge in [-0.1, -0.05) is 67.6 Å². The van der Waals surface area contributed by atoms with E-state index in [9.17, 15) is 26.8 Å². The van der Waals surface area contributed by atoms with Gasteiger partial charge in [0, 0.05) is 19.5 Å². The highest BCUT2D eigenvalue weighted by atomic mass is 32.2. The number of nitrogens with zero attached hydrogens (tertiary/aromatic N) is 2.